The minimum atomic E-state index is -0.644. The highest BCUT2D eigenvalue weighted by atomic mass is 16.3. The van der Waals surface area contributed by atoms with Gasteiger partial charge in [-0.1, -0.05) is 12.8 Å². The normalized spacial score (nSPS) is 18.7. The first-order valence-corrected chi connectivity index (χ1v) is 5.75. The van der Waals surface area contributed by atoms with Gasteiger partial charge in [0.05, 0.1) is 18.7 Å². The first kappa shape index (κ1) is 12.5. The summed E-state index contributed by atoms with van der Waals surface area (Å²) in [5.41, 5.74) is 4.73. The summed E-state index contributed by atoms with van der Waals surface area (Å²) in [6.45, 7) is 3.49. The molecule has 0 bridgehead atoms. The van der Waals surface area contributed by atoms with E-state index in [1.54, 1.807) is 11.8 Å². The smallest absolute Gasteiger partial charge is 0.222 e. The van der Waals surface area contributed by atoms with Gasteiger partial charge >= 0.3 is 0 Å². The lowest BCUT2D eigenvalue weighted by Gasteiger charge is -2.44. The number of nitrogens with zero attached hydrogens (tertiary/aromatic N) is 1. The molecule has 15 heavy (non-hydrogen) atoms. The fourth-order valence-corrected chi connectivity index (χ4v) is 1.88. The molecule has 88 valence electrons. The van der Waals surface area contributed by atoms with Crippen molar-refractivity contribution in [2.24, 2.45) is 5.73 Å². The molecule has 0 spiro atoms. The Bertz CT molecular complexity index is 209. The van der Waals surface area contributed by atoms with Crippen LogP contribution in [0.1, 0.15) is 39.0 Å². The second kappa shape index (κ2) is 5.47. The van der Waals surface area contributed by atoms with E-state index < -0.39 is 5.60 Å². The number of rotatable bonds is 6. The molecule has 0 aromatic rings. The van der Waals surface area contributed by atoms with Gasteiger partial charge in [-0.25, -0.2) is 0 Å². The number of carbonyl (C=O) groups excluding carboxylic acids is 1. The molecule has 4 heteroatoms. The molecule has 0 radical (unpaired) electrons. The van der Waals surface area contributed by atoms with Gasteiger partial charge in [-0.15, -0.1) is 0 Å². The molecule has 1 aliphatic rings. The molecule has 1 fully saturated rings. The van der Waals surface area contributed by atoms with E-state index in [1.165, 1.54) is 0 Å². The molecule has 1 heterocycles. The van der Waals surface area contributed by atoms with Crippen molar-refractivity contribution in [3.63, 3.8) is 0 Å². The second-order valence-corrected chi connectivity index (χ2v) is 4.70. The number of β-amino-alcohol motifs (C(OH)–C–C–N with tert-alkyl or cyclic N) is 1. The van der Waals surface area contributed by atoms with Crippen molar-refractivity contribution < 1.29 is 9.90 Å². The van der Waals surface area contributed by atoms with Crippen LogP contribution in [0.2, 0.25) is 0 Å². The zero-order valence-electron chi connectivity index (χ0n) is 9.54. The summed E-state index contributed by atoms with van der Waals surface area (Å²) in [5, 5.41) is 9.47. The van der Waals surface area contributed by atoms with Crippen LogP contribution in [0, 0.1) is 0 Å². The number of amides is 1. The molecule has 0 saturated carbocycles. The highest BCUT2D eigenvalue weighted by Gasteiger charge is 2.38. The maximum absolute atomic E-state index is 11.5. The minimum absolute atomic E-state index is 0.175. The second-order valence-electron chi connectivity index (χ2n) is 4.70. The molecule has 4 nitrogen and oxygen atoms in total. The number of carbonyl (C=O) groups is 1. The van der Waals surface area contributed by atoms with Gasteiger partial charge in [0.1, 0.15) is 0 Å². The largest absolute Gasteiger partial charge is 0.386 e. The quantitative estimate of drug-likeness (QED) is 0.632. The van der Waals surface area contributed by atoms with Crippen molar-refractivity contribution >= 4 is 5.91 Å². The lowest BCUT2D eigenvalue weighted by Crippen LogP contribution is -2.61. The van der Waals surface area contributed by atoms with Crippen LogP contribution >= 0.6 is 0 Å². The molecular formula is C11H22N2O2. The maximum Gasteiger partial charge on any atom is 0.222 e. The zero-order valence-corrected chi connectivity index (χ0v) is 9.54. The van der Waals surface area contributed by atoms with E-state index >= 15 is 0 Å². The van der Waals surface area contributed by atoms with E-state index in [0.29, 0.717) is 19.5 Å². The minimum Gasteiger partial charge on any atom is -0.386 e. The van der Waals surface area contributed by atoms with E-state index in [4.69, 9.17) is 5.73 Å². The van der Waals surface area contributed by atoms with Crippen molar-refractivity contribution in [2.75, 3.05) is 19.6 Å². The van der Waals surface area contributed by atoms with Crippen LogP contribution in [0.5, 0.6) is 0 Å². The third-order valence-corrected chi connectivity index (χ3v) is 2.76. The van der Waals surface area contributed by atoms with Crippen molar-refractivity contribution in [2.45, 2.75) is 44.6 Å². The van der Waals surface area contributed by atoms with E-state index in [0.717, 1.165) is 32.2 Å². The first-order chi connectivity index (χ1) is 7.05. The van der Waals surface area contributed by atoms with Crippen molar-refractivity contribution in [3.8, 4) is 0 Å². The average Bonchev–Trinajstić information content (AvgIpc) is 2.13. The van der Waals surface area contributed by atoms with Gasteiger partial charge in [-0.3, -0.25) is 4.79 Å². The number of nitrogens with two attached hydrogens (primary N) is 1. The molecule has 0 atom stereocenters. The van der Waals surface area contributed by atoms with Crippen molar-refractivity contribution in [3.05, 3.63) is 0 Å². The Kier molecular flexibility index (Phi) is 4.54. The molecule has 0 aromatic heterocycles. The SMILES string of the molecule is CC1(O)CN(C(=O)CCCCCCN)C1. The Balaban J connectivity index is 2.00. The molecular weight excluding hydrogens is 192 g/mol. The Morgan fingerprint density at radius 1 is 1.33 bits per heavy atom. The van der Waals surface area contributed by atoms with Gasteiger partial charge in [0, 0.05) is 6.42 Å². The number of unbranched alkanes of at least 4 members (excludes halogenated alkanes) is 3. The third-order valence-electron chi connectivity index (χ3n) is 2.76. The number of likely N-dealkylation sites (tertiary alicyclic amines) is 1. The fraction of sp³-hybridized carbons (Fsp3) is 0.909. The van der Waals surface area contributed by atoms with Crippen LogP contribution in [0.3, 0.4) is 0 Å². The monoisotopic (exact) mass is 214 g/mol. The van der Waals surface area contributed by atoms with Gasteiger partial charge in [-0.2, -0.15) is 0 Å². The summed E-state index contributed by atoms with van der Waals surface area (Å²) in [4.78, 5) is 13.3. The summed E-state index contributed by atoms with van der Waals surface area (Å²) >= 11 is 0. The molecule has 1 rings (SSSR count). The standard InChI is InChI=1S/C11H22N2O2/c1-11(15)8-13(9-11)10(14)6-4-2-3-5-7-12/h15H,2-9,12H2,1H3. The van der Waals surface area contributed by atoms with E-state index in [-0.39, 0.29) is 5.91 Å². The van der Waals surface area contributed by atoms with Crippen molar-refractivity contribution in [1.29, 1.82) is 0 Å². The lowest BCUT2D eigenvalue weighted by atomic mass is 9.96. The van der Waals surface area contributed by atoms with Gasteiger partial charge in [0.15, 0.2) is 0 Å². The summed E-state index contributed by atoms with van der Waals surface area (Å²) < 4.78 is 0. The van der Waals surface area contributed by atoms with Gasteiger partial charge in [0.25, 0.3) is 0 Å². The molecule has 1 amide bonds. The third kappa shape index (κ3) is 4.18. The van der Waals surface area contributed by atoms with Crippen LogP contribution in [-0.2, 0) is 4.79 Å². The van der Waals surface area contributed by atoms with E-state index in [9.17, 15) is 9.90 Å². The first-order valence-electron chi connectivity index (χ1n) is 5.75. The van der Waals surface area contributed by atoms with Crippen LogP contribution in [-0.4, -0.2) is 41.1 Å². The predicted octanol–water partition coefficient (Wildman–Crippen LogP) is 0.489. The highest BCUT2D eigenvalue weighted by Crippen LogP contribution is 2.21. The van der Waals surface area contributed by atoms with Crippen molar-refractivity contribution in [1.82, 2.24) is 4.90 Å². The van der Waals surface area contributed by atoms with E-state index in [2.05, 4.69) is 0 Å². The summed E-state index contributed by atoms with van der Waals surface area (Å²) in [6, 6.07) is 0. The average molecular weight is 214 g/mol. The fourth-order valence-electron chi connectivity index (χ4n) is 1.88. The Morgan fingerprint density at radius 2 is 1.93 bits per heavy atom. The van der Waals surface area contributed by atoms with E-state index in [1.807, 2.05) is 0 Å². The lowest BCUT2D eigenvalue weighted by molar-refractivity contribution is -0.152. The Hall–Kier alpha value is -0.610. The van der Waals surface area contributed by atoms with Gasteiger partial charge < -0.3 is 15.7 Å². The molecule has 0 aliphatic carbocycles. The maximum atomic E-state index is 11.5. The molecule has 1 saturated heterocycles. The van der Waals surface area contributed by atoms with Gasteiger partial charge in [-0.05, 0) is 26.3 Å². The Morgan fingerprint density at radius 3 is 2.47 bits per heavy atom. The summed E-state index contributed by atoms with van der Waals surface area (Å²) in [7, 11) is 0. The molecule has 0 aromatic carbocycles. The molecule has 1 aliphatic heterocycles. The van der Waals surface area contributed by atoms with Crippen LogP contribution in [0.4, 0.5) is 0 Å². The van der Waals surface area contributed by atoms with Crippen LogP contribution in [0.15, 0.2) is 0 Å². The molecule has 3 N–H and O–H groups in total. The zero-order chi connectivity index (χ0) is 11.3. The summed E-state index contributed by atoms with van der Waals surface area (Å²) in [6.07, 6.45) is 4.79. The molecule has 0 unspecified atom stereocenters. The number of hydrogen-bond acceptors (Lipinski definition) is 3. The number of hydrogen-bond donors (Lipinski definition) is 2. The van der Waals surface area contributed by atoms with Gasteiger partial charge in [0.2, 0.25) is 5.91 Å². The van der Waals surface area contributed by atoms with Crippen LogP contribution < -0.4 is 5.73 Å². The van der Waals surface area contributed by atoms with Crippen LogP contribution in [0.25, 0.3) is 0 Å². The predicted molar refractivity (Wildman–Crippen MR) is 59.3 cm³/mol. The topological polar surface area (TPSA) is 66.6 Å². The number of aliphatic hydroxyl groups is 1. The summed E-state index contributed by atoms with van der Waals surface area (Å²) in [5.74, 6) is 0.175. The highest BCUT2D eigenvalue weighted by molar-refractivity contribution is 5.77. The Labute approximate surface area is 91.4 Å².